The van der Waals surface area contributed by atoms with Gasteiger partial charge in [-0.1, -0.05) is 12.1 Å². The summed E-state index contributed by atoms with van der Waals surface area (Å²) >= 11 is 1.45. The summed E-state index contributed by atoms with van der Waals surface area (Å²) in [6.45, 7) is 7.75. The first-order valence-corrected chi connectivity index (χ1v) is 6.63. The molecule has 2 aromatic rings. The van der Waals surface area contributed by atoms with E-state index in [0.29, 0.717) is 11.5 Å². The van der Waals surface area contributed by atoms with Crippen LogP contribution >= 0.6 is 11.3 Å². The maximum atomic E-state index is 11.6. The predicted octanol–water partition coefficient (Wildman–Crippen LogP) is 3.84. The van der Waals surface area contributed by atoms with Crippen molar-refractivity contribution in [1.29, 1.82) is 0 Å². The maximum Gasteiger partial charge on any atom is 0.348 e. The number of rotatable bonds is 4. The lowest BCUT2D eigenvalue weighted by Crippen LogP contribution is -2.01. The average molecular weight is 261 g/mol. The molecule has 1 heterocycles. The monoisotopic (exact) mass is 261 g/mol. The Morgan fingerprint density at radius 2 is 2.28 bits per heavy atom. The molecule has 2 rings (SSSR count). The van der Waals surface area contributed by atoms with Crippen LogP contribution in [0, 0.1) is 0 Å². The van der Waals surface area contributed by atoms with Crippen LogP contribution in [-0.4, -0.2) is 19.3 Å². The number of benzene rings is 1. The highest BCUT2D eigenvalue weighted by atomic mass is 32.1. The Labute approximate surface area is 110 Å². The van der Waals surface area contributed by atoms with Gasteiger partial charge in [-0.2, -0.15) is 0 Å². The van der Waals surface area contributed by atoms with Gasteiger partial charge in [-0.05, 0) is 43.6 Å². The molecule has 4 heteroatoms. The van der Waals surface area contributed by atoms with Crippen LogP contribution in [0.25, 0.3) is 10.1 Å². The van der Waals surface area contributed by atoms with E-state index in [1.54, 1.807) is 6.92 Å². The SMILES string of the molecule is C=NC(C)c1ccc2cc(C(=O)OCC)sc2c1. The summed E-state index contributed by atoms with van der Waals surface area (Å²) in [5.74, 6) is -0.254. The van der Waals surface area contributed by atoms with Crippen molar-refractivity contribution in [2.24, 2.45) is 4.99 Å². The lowest BCUT2D eigenvalue weighted by Gasteiger charge is -2.04. The third-order valence-corrected chi connectivity index (χ3v) is 3.85. The summed E-state index contributed by atoms with van der Waals surface area (Å²) in [5.41, 5.74) is 1.11. The summed E-state index contributed by atoms with van der Waals surface area (Å²) in [6, 6.07) is 8.02. The van der Waals surface area contributed by atoms with Crippen molar-refractivity contribution in [1.82, 2.24) is 0 Å². The third-order valence-electron chi connectivity index (χ3n) is 2.78. The van der Waals surface area contributed by atoms with Crippen LogP contribution in [0.4, 0.5) is 0 Å². The number of hydrogen-bond acceptors (Lipinski definition) is 4. The minimum Gasteiger partial charge on any atom is -0.462 e. The minimum absolute atomic E-state index is 0.0718. The van der Waals surface area contributed by atoms with Crippen LogP contribution in [0.1, 0.15) is 35.1 Å². The van der Waals surface area contributed by atoms with Crippen molar-refractivity contribution < 1.29 is 9.53 Å². The highest BCUT2D eigenvalue weighted by Crippen LogP contribution is 2.29. The molecule has 0 bridgehead atoms. The highest BCUT2D eigenvalue weighted by molar-refractivity contribution is 7.20. The molecule has 0 amide bonds. The van der Waals surface area contributed by atoms with Crippen molar-refractivity contribution in [3.8, 4) is 0 Å². The Kier molecular flexibility index (Phi) is 3.77. The van der Waals surface area contributed by atoms with E-state index in [4.69, 9.17) is 4.74 Å². The van der Waals surface area contributed by atoms with Crippen molar-refractivity contribution >= 4 is 34.1 Å². The molecule has 3 nitrogen and oxygen atoms in total. The van der Waals surface area contributed by atoms with Gasteiger partial charge in [0, 0.05) is 4.70 Å². The molecule has 0 N–H and O–H groups in total. The smallest absolute Gasteiger partial charge is 0.348 e. The first-order valence-electron chi connectivity index (χ1n) is 5.82. The zero-order valence-corrected chi connectivity index (χ0v) is 11.3. The Balaban J connectivity index is 2.39. The summed E-state index contributed by atoms with van der Waals surface area (Å²) in [7, 11) is 0. The minimum atomic E-state index is -0.254. The Morgan fingerprint density at radius 3 is 2.94 bits per heavy atom. The molecule has 94 valence electrons. The molecule has 1 aromatic heterocycles. The first-order chi connectivity index (χ1) is 8.65. The normalized spacial score (nSPS) is 12.3. The topological polar surface area (TPSA) is 38.7 Å². The van der Waals surface area contributed by atoms with E-state index in [2.05, 4.69) is 17.8 Å². The number of aliphatic imine (C=N–C) groups is 1. The van der Waals surface area contributed by atoms with Gasteiger partial charge >= 0.3 is 5.97 Å². The van der Waals surface area contributed by atoms with Gasteiger partial charge in [-0.3, -0.25) is 4.99 Å². The van der Waals surface area contributed by atoms with Crippen LogP contribution in [0.15, 0.2) is 29.3 Å². The van der Waals surface area contributed by atoms with E-state index < -0.39 is 0 Å². The first kappa shape index (κ1) is 12.8. The second-order valence-electron chi connectivity index (χ2n) is 3.99. The Hall–Kier alpha value is -1.68. The number of carbonyl (C=O) groups excluding carboxylic acids is 1. The standard InChI is InChI=1S/C14H15NO2S/c1-4-17-14(16)13-8-11-6-5-10(9(2)15-3)7-12(11)18-13/h5-9H,3-4H2,1-2H3. The molecule has 0 aliphatic heterocycles. The second-order valence-corrected chi connectivity index (χ2v) is 5.07. The molecule has 0 aliphatic carbocycles. The molecule has 0 aliphatic rings. The van der Waals surface area contributed by atoms with Crippen LogP contribution < -0.4 is 0 Å². The fourth-order valence-corrected chi connectivity index (χ4v) is 2.72. The zero-order valence-electron chi connectivity index (χ0n) is 10.5. The van der Waals surface area contributed by atoms with Crippen LogP contribution in [0.5, 0.6) is 0 Å². The largest absolute Gasteiger partial charge is 0.462 e. The Bertz CT molecular complexity index is 588. The van der Waals surface area contributed by atoms with Gasteiger partial charge in [0.25, 0.3) is 0 Å². The van der Waals surface area contributed by atoms with Crippen molar-refractivity contribution in [2.75, 3.05) is 6.61 Å². The third kappa shape index (κ3) is 2.43. The molecular weight excluding hydrogens is 246 g/mol. The predicted molar refractivity (Wildman–Crippen MR) is 75.7 cm³/mol. The van der Waals surface area contributed by atoms with E-state index in [9.17, 15) is 4.79 Å². The molecule has 0 radical (unpaired) electrons. The summed E-state index contributed by atoms with van der Waals surface area (Å²) in [4.78, 5) is 16.3. The summed E-state index contributed by atoms with van der Waals surface area (Å²) in [6.07, 6.45) is 0. The lowest BCUT2D eigenvalue weighted by molar-refractivity contribution is 0.0532. The molecule has 1 unspecified atom stereocenters. The van der Waals surface area contributed by atoms with Crippen molar-refractivity contribution in [2.45, 2.75) is 19.9 Å². The summed E-state index contributed by atoms with van der Waals surface area (Å²) < 4.78 is 6.07. The lowest BCUT2D eigenvalue weighted by atomic mass is 10.1. The number of ether oxygens (including phenoxy) is 1. The zero-order chi connectivity index (χ0) is 13.1. The van der Waals surface area contributed by atoms with Gasteiger partial charge < -0.3 is 4.74 Å². The number of carbonyl (C=O) groups is 1. The highest BCUT2D eigenvalue weighted by Gasteiger charge is 2.12. The van der Waals surface area contributed by atoms with Crippen molar-refractivity contribution in [3.63, 3.8) is 0 Å². The molecule has 1 atom stereocenters. The Morgan fingerprint density at radius 1 is 1.50 bits per heavy atom. The van der Waals surface area contributed by atoms with E-state index in [-0.39, 0.29) is 12.0 Å². The maximum absolute atomic E-state index is 11.6. The van der Waals surface area contributed by atoms with Gasteiger partial charge in [0.15, 0.2) is 0 Å². The number of nitrogens with zero attached hydrogens (tertiary/aromatic N) is 1. The van der Waals surface area contributed by atoms with E-state index in [1.807, 2.05) is 25.1 Å². The van der Waals surface area contributed by atoms with Gasteiger partial charge in [-0.15, -0.1) is 11.3 Å². The number of thiophene rings is 1. The van der Waals surface area contributed by atoms with Gasteiger partial charge in [-0.25, -0.2) is 4.79 Å². The second kappa shape index (κ2) is 5.31. The fraction of sp³-hybridized carbons (Fsp3) is 0.286. The van der Waals surface area contributed by atoms with Crippen LogP contribution in [0.3, 0.4) is 0 Å². The number of esters is 1. The number of fused-ring (bicyclic) bond motifs is 1. The molecular formula is C14H15NO2S. The van der Waals surface area contributed by atoms with Crippen molar-refractivity contribution in [3.05, 3.63) is 34.7 Å². The quantitative estimate of drug-likeness (QED) is 0.619. The molecule has 0 spiro atoms. The van der Waals surface area contributed by atoms with Gasteiger partial charge in [0.2, 0.25) is 0 Å². The number of hydrogen-bond donors (Lipinski definition) is 0. The molecule has 1 aromatic carbocycles. The molecule has 0 saturated carbocycles. The van der Waals surface area contributed by atoms with E-state index >= 15 is 0 Å². The molecule has 18 heavy (non-hydrogen) atoms. The van der Waals surface area contributed by atoms with Crippen LogP contribution in [0.2, 0.25) is 0 Å². The van der Waals surface area contributed by atoms with Crippen LogP contribution in [-0.2, 0) is 4.74 Å². The van der Waals surface area contributed by atoms with Gasteiger partial charge in [0.1, 0.15) is 4.88 Å². The van der Waals surface area contributed by atoms with E-state index in [0.717, 1.165) is 15.6 Å². The summed E-state index contributed by atoms with van der Waals surface area (Å²) in [5, 5.41) is 1.06. The average Bonchev–Trinajstić information content (AvgIpc) is 2.80. The fourth-order valence-electron chi connectivity index (χ4n) is 1.72. The van der Waals surface area contributed by atoms with E-state index in [1.165, 1.54) is 11.3 Å². The molecule has 0 saturated heterocycles. The van der Waals surface area contributed by atoms with Gasteiger partial charge in [0.05, 0.1) is 12.6 Å². The molecule has 0 fully saturated rings.